The summed E-state index contributed by atoms with van der Waals surface area (Å²) in [6.07, 6.45) is 2.48. The van der Waals surface area contributed by atoms with E-state index in [2.05, 4.69) is 40.5 Å². The van der Waals surface area contributed by atoms with Crippen LogP contribution in [0.15, 0.2) is 36.7 Å². The third-order valence-corrected chi connectivity index (χ3v) is 2.96. The van der Waals surface area contributed by atoms with Crippen molar-refractivity contribution in [2.45, 2.75) is 26.3 Å². The fraction of sp³-hybridized carbons (Fsp3) is 0.375. The molecule has 2 aromatic rings. The number of nitrogens with zero attached hydrogens (tertiary/aromatic N) is 2. The summed E-state index contributed by atoms with van der Waals surface area (Å²) in [5.74, 6) is 2.55. The predicted octanol–water partition coefficient (Wildman–Crippen LogP) is 2.96. The minimum atomic E-state index is 0.351. The van der Waals surface area contributed by atoms with Gasteiger partial charge in [-0.1, -0.05) is 12.1 Å². The summed E-state index contributed by atoms with van der Waals surface area (Å²) >= 11 is 0. The summed E-state index contributed by atoms with van der Waals surface area (Å²) in [6, 6.07) is 10.4. The number of aromatic nitrogens is 2. The third-order valence-electron chi connectivity index (χ3n) is 2.96. The fourth-order valence-corrected chi connectivity index (χ4v) is 1.99. The molecule has 0 saturated heterocycles. The quantitative estimate of drug-likeness (QED) is 0.819. The van der Waals surface area contributed by atoms with Crippen LogP contribution in [-0.2, 0) is 6.42 Å². The van der Waals surface area contributed by atoms with E-state index in [0.29, 0.717) is 6.04 Å². The smallest absolute Gasteiger partial charge is 0.131 e. The molecular weight excluding hydrogens is 264 g/mol. The molecule has 1 aromatic heterocycles. The molecule has 0 aliphatic rings. The maximum absolute atomic E-state index is 5.22. The van der Waals surface area contributed by atoms with Crippen LogP contribution in [0, 0.1) is 0 Å². The molecule has 2 N–H and O–H groups in total. The third kappa shape index (κ3) is 4.95. The molecule has 0 fully saturated rings. The summed E-state index contributed by atoms with van der Waals surface area (Å²) in [5.41, 5.74) is 1.23. The molecule has 0 aliphatic heterocycles. The molecule has 0 spiro atoms. The molecule has 0 aliphatic carbocycles. The average Bonchev–Trinajstić information content (AvgIpc) is 2.47. The number of methoxy groups -OCH3 is 1. The van der Waals surface area contributed by atoms with Gasteiger partial charge in [0.2, 0.25) is 0 Å². The van der Waals surface area contributed by atoms with Crippen LogP contribution in [0.2, 0.25) is 0 Å². The van der Waals surface area contributed by atoms with Crippen molar-refractivity contribution in [2.75, 3.05) is 24.3 Å². The van der Waals surface area contributed by atoms with Gasteiger partial charge >= 0.3 is 0 Å². The van der Waals surface area contributed by atoms with Crippen LogP contribution in [-0.4, -0.2) is 29.7 Å². The zero-order valence-electron chi connectivity index (χ0n) is 12.8. The van der Waals surface area contributed by atoms with E-state index >= 15 is 0 Å². The summed E-state index contributed by atoms with van der Waals surface area (Å²) in [5, 5.41) is 6.57. The molecule has 5 nitrogen and oxygen atoms in total. The van der Waals surface area contributed by atoms with Gasteiger partial charge < -0.3 is 15.4 Å². The minimum Gasteiger partial charge on any atom is -0.497 e. The number of hydrogen-bond donors (Lipinski definition) is 2. The molecule has 0 bridgehead atoms. The molecule has 0 saturated carbocycles. The van der Waals surface area contributed by atoms with Crippen LogP contribution in [0.5, 0.6) is 5.75 Å². The van der Waals surface area contributed by atoms with Crippen molar-refractivity contribution in [1.29, 1.82) is 0 Å². The first-order valence-electron chi connectivity index (χ1n) is 7.13. The second-order valence-corrected chi connectivity index (χ2v) is 5.12. The number of nitrogens with one attached hydrogen (secondary N) is 2. The SMILES string of the molecule is COc1cccc(CCNc2cc(NC(C)C)ncn2)c1. The maximum Gasteiger partial charge on any atom is 0.131 e. The van der Waals surface area contributed by atoms with E-state index in [9.17, 15) is 0 Å². The van der Waals surface area contributed by atoms with Crippen molar-refractivity contribution in [3.8, 4) is 5.75 Å². The highest BCUT2D eigenvalue weighted by molar-refractivity contribution is 5.46. The van der Waals surface area contributed by atoms with E-state index in [1.165, 1.54) is 5.56 Å². The van der Waals surface area contributed by atoms with E-state index in [0.717, 1.165) is 30.4 Å². The molecule has 5 heteroatoms. The monoisotopic (exact) mass is 286 g/mol. The lowest BCUT2D eigenvalue weighted by molar-refractivity contribution is 0.414. The Morgan fingerprint density at radius 2 is 1.95 bits per heavy atom. The van der Waals surface area contributed by atoms with Gasteiger partial charge in [-0.05, 0) is 38.0 Å². The highest BCUT2D eigenvalue weighted by Gasteiger charge is 2.01. The van der Waals surface area contributed by atoms with E-state index < -0.39 is 0 Å². The highest BCUT2D eigenvalue weighted by Crippen LogP contribution is 2.14. The first-order valence-corrected chi connectivity index (χ1v) is 7.13. The van der Waals surface area contributed by atoms with Crippen molar-refractivity contribution < 1.29 is 4.74 Å². The van der Waals surface area contributed by atoms with Crippen molar-refractivity contribution >= 4 is 11.6 Å². The Morgan fingerprint density at radius 1 is 1.14 bits per heavy atom. The van der Waals surface area contributed by atoms with Crippen LogP contribution >= 0.6 is 0 Å². The second kappa shape index (κ2) is 7.47. The average molecular weight is 286 g/mol. The summed E-state index contributed by atoms with van der Waals surface area (Å²) in [6.45, 7) is 4.97. The van der Waals surface area contributed by atoms with Gasteiger partial charge in [0.05, 0.1) is 7.11 Å². The zero-order valence-corrected chi connectivity index (χ0v) is 12.8. The first-order chi connectivity index (χ1) is 10.2. The van der Waals surface area contributed by atoms with Crippen molar-refractivity contribution in [3.63, 3.8) is 0 Å². The topological polar surface area (TPSA) is 59.1 Å². The fourth-order valence-electron chi connectivity index (χ4n) is 1.99. The van der Waals surface area contributed by atoms with Gasteiger partial charge in [-0.25, -0.2) is 9.97 Å². The van der Waals surface area contributed by atoms with Gasteiger partial charge in [-0.2, -0.15) is 0 Å². The van der Waals surface area contributed by atoms with E-state index in [4.69, 9.17) is 4.74 Å². The van der Waals surface area contributed by atoms with Crippen LogP contribution in [0.25, 0.3) is 0 Å². The number of benzene rings is 1. The zero-order chi connectivity index (χ0) is 15.1. The predicted molar refractivity (Wildman–Crippen MR) is 86.0 cm³/mol. The minimum absolute atomic E-state index is 0.351. The summed E-state index contributed by atoms with van der Waals surface area (Å²) in [7, 11) is 1.68. The van der Waals surface area contributed by atoms with Crippen LogP contribution in [0.1, 0.15) is 19.4 Å². The van der Waals surface area contributed by atoms with Gasteiger partial charge in [0.15, 0.2) is 0 Å². The number of hydrogen-bond acceptors (Lipinski definition) is 5. The Morgan fingerprint density at radius 3 is 2.71 bits per heavy atom. The Balaban J connectivity index is 1.88. The van der Waals surface area contributed by atoms with Gasteiger partial charge in [-0.3, -0.25) is 0 Å². The lowest BCUT2D eigenvalue weighted by Crippen LogP contribution is -2.12. The highest BCUT2D eigenvalue weighted by atomic mass is 16.5. The Hall–Kier alpha value is -2.30. The standard InChI is InChI=1S/C16H22N4O/c1-12(2)20-16-10-15(18-11-19-16)17-8-7-13-5-4-6-14(9-13)21-3/h4-6,9-12H,7-8H2,1-3H3,(H2,17,18,19,20). The molecule has 1 aromatic carbocycles. The number of ether oxygens (including phenoxy) is 1. The van der Waals surface area contributed by atoms with Gasteiger partial charge in [0, 0.05) is 18.7 Å². The Kier molecular flexibility index (Phi) is 5.37. The van der Waals surface area contributed by atoms with E-state index in [1.54, 1.807) is 13.4 Å². The van der Waals surface area contributed by atoms with Crippen LogP contribution in [0.3, 0.4) is 0 Å². The largest absolute Gasteiger partial charge is 0.497 e. The molecule has 2 rings (SSSR count). The number of anilines is 2. The van der Waals surface area contributed by atoms with Gasteiger partial charge in [0.25, 0.3) is 0 Å². The second-order valence-electron chi connectivity index (χ2n) is 5.12. The lowest BCUT2D eigenvalue weighted by atomic mass is 10.1. The molecule has 0 amide bonds. The molecule has 0 atom stereocenters. The summed E-state index contributed by atoms with van der Waals surface area (Å²) < 4.78 is 5.22. The first kappa shape index (κ1) is 15.1. The van der Waals surface area contributed by atoms with Crippen molar-refractivity contribution in [1.82, 2.24) is 9.97 Å². The normalized spacial score (nSPS) is 10.5. The van der Waals surface area contributed by atoms with E-state index in [-0.39, 0.29) is 0 Å². The Labute approximate surface area is 125 Å². The van der Waals surface area contributed by atoms with Gasteiger partial charge in [-0.15, -0.1) is 0 Å². The maximum atomic E-state index is 5.22. The van der Waals surface area contributed by atoms with E-state index in [1.807, 2.05) is 24.3 Å². The molecular formula is C16H22N4O. The molecule has 21 heavy (non-hydrogen) atoms. The van der Waals surface area contributed by atoms with Crippen LogP contribution in [0.4, 0.5) is 11.6 Å². The van der Waals surface area contributed by atoms with Crippen molar-refractivity contribution in [3.05, 3.63) is 42.2 Å². The van der Waals surface area contributed by atoms with Gasteiger partial charge in [0.1, 0.15) is 23.7 Å². The Bertz CT molecular complexity index is 572. The molecule has 0 radical (unpaired) electrons. The molecule has 0 unspecified atom stereocenters. The summed E-state index contributed by atoms with van der Waals surface area (Å²) in [4.78, 5) is 8.41. The molecule has 112 valence electrons. The lowest BCUT2D eigenvalue weighted by Gasteiger charge is -2.11. The van der Waals surface area contributed by atoms with Crippen LogP contribution < -0.4 is 15.4 Å². The van der Waals surface area contributed by atoms with Crippen molar-refractivity contribution in [2.24, 2.45) is 0 Å². The number of rotatable bonds is 7. The molecule has 1 heterocycles.